The first-order valence-electron chi connectivity index (χ1n) is 8.69. The Morgan fingerprint density at radius 2 is 1.81 bits per heavy atom. The van der Waals surface area contributed by atoms with E-state index in [1.54, 1.807) is 13.8 Å². The van der Waals surface area contributed by atoms with Crippen molar-refractivity contribution in [2.24, 2.45) is 5.92 Å². The first-order valence-corrected chi connectivity index (χ1v) is 11.0. The van der Waals surface area contributed by atoms with Gasteiger partial charge in [0.1, 0.15) is 0 Å². The Morgan fingerprint density at radius 1 is 1.15 bits per heavy atom. The molecule has 1 amide bonds. The number of hydrogen-bond acceptors (Lipinski definition) is 4. The van der Waals surface area contributed by atoms with Crippen LogP contribution in [-0.2, 0) is 22.9 Å². The van der Waals surface area contributed by atoms with Gasteiger partial charge in [0.25, 0.3) is 15.9 Å². The van der Waals surface area contributed by atoms with E-state index < -0.39 is 15.9 Å². The second kappa shape index (κ2) is 7.13. The summed E-state index contributed by atoms with van der Waals surface area (Å²) in [4.78, 5) is 16.7. The van der Waals surface area contributed by atoms with Crippen LogP contribution in [0.1, 0.15) is 50.1 Å². The maximum absolute atomic E-state index is 12.6. The third kappa shape index (κ3) is 3.84. The Balaban J connectivity index is 1.75. The molecule has 1 aromatic heterocycles. The quantitative estimate of drug-likeness (QED) is 0.783. The highest BCUT2D eigenvalue weighted by atomic mass is 32.2. The highest BCUT2D eigenvalue weighted by molar-refractivity contribution is 7.89. The molecule has 5 nitrogen and oxygen atoms in total. The topological polar surface area (TPSA) is 75.3 Å². The van der Waals surface area contributed by atoms with Crippen molar-refractivity contribution in [2.45, 2.75) is 51.9 Å². The molecule has 26 heavy (non-hydrogen) atoms. The number of carbonyl (C=O) groups is 1. The number of hydrazine groups is 1. The minimum atomic E-state index is -3.83. The zero-order valence-electron chi connectivity index (χ0n) is 15.5. The van der Waals surface area contributed by atoms with Gasteiger partial charge in [0, 0.05) is 4.88 Å². The lowest BCUT2D eigenvalue weighted by atomic mass is 9.90. The standard InChI is InChI=1S/C19H24N2O3S2/c1-11-5-6-16-15(9-11)10-17(25-16)19(22)20-21-26(23,24)18-13(3)7-12(2)8-14(18)4/h7-8,10-11,21H,5-6,9H2,1-4H3,(H,20,22). The van der Waals surface area contributed by atoms with E-state index in [1.807, 2.05) is 25.1 Å². The second-order valence-electron chi connectivity index (χ2n) is 7.19. The van der Waals surface area contributed by atoms with Crippen LogP contribution in [0.2, 0.25) is 0 Å². The van der Waals surface area contributed by atoms with Crippen molar-refractivity contribution in [3.05, 3.63) is 50.2 Å². The van der Waals surface area contributed by atoms with E-state index in [4.69, 9.17) is 0 Å². The number of carbonyl (C=O) groups excluding carboxylic acids is 1. The maximum atomic E-state index is 12.6. The van der Waals surface area contributed by atoms with Crippen molar-refractivity contribution in [1.29, 1.82) is 0 Å². The largest absolute Gasteiger partial charge is 0.276 e. The predicted molar refractivity (Wildman–Crippen MR) is 104 cm³/mol. The lowest BCUT2D eigenvalue weighted by Gasteiger charge is -2.16. The van der Waals surface area contributed by atoms with Gasteiger partial charge < -0.3 is 0 Å². The third-order valence-electron chi connectivity index (χ3n) is 4.73. The van der Waals surface area contributed by atoms with Gasteiger partial charge in [0.05, 0.1) is 9.77 Å². The van der Waals surface area contributed by atoms with Gasteiger partial charge in [-0.3, -0.25) is 10.2 Å². The number of rotatable bonds is 4. The predicted octanol–water partition coefficient (Wildman–Crippen LogP) is 3.42. The van der Waals surface area contributed by atoms with Crippen LogP contribution in [0.4, 0.5) is 0 Å². The molecule has 1 unspecified atom stereocenters. The van der Waals surface area contributed by atoms with E-state index >= 15 is 0 Å². The molecule has 2 N–H and O–H groups in total. The average Bonchev–Trinajstić information content (AvgIpc) is 2.94. The van der Waals surface area contributed by atoms with Crippen LogP contribution in [0.5, 0.6) is 0 Å². The van der Waals surface area contributed by atoms with Gasteiger partial charge in [-0.2, -0.15) is 0 Å². The summed E-state index contributed by atoms with van der Waals surface area (Å²) in [5, 5.41) is 0. The summed E-state index contributed by atoms with van der Waals surface area (Å²) in [5.74, 6) is 0.210. The van der Waals surface area contributed by atoms with E-state index in [0.29, 0.717) is 21.9 Å². The van der Waals surface area contributed by atoms with E-state index in [-0.39, 0.29) is 4.90 Å². The minimum Gasteiger partial charge on any atom is -0.273 e. The molecule has 1 aliphatic rings. The fourth-order valence-corrected chi connectivity index (χ4v) is 6.03. The van der Waals surface area contributed by atoms with Crippen molar-refractivity contribution in [3.63, 3.8) is 0 Å². The molecule has 0 fully saturated rings. The Bertz CT molecular complexity index is 938. The number of hydrogen-bond donors (Lipinski definition) is 2. The average molecular weight is 393 g/mol. The van der Waals surface area contributed by atoms with Gasteiger partial charge >= 0.3 is 0 Å². The van der Waals surface area contributed by atoms with E-state index in [9.17, 15) is 13.2 Å². The van der Waals surface area contributed by atoms with Crippen LogP contribution in [0, 0.1) is 26.7 Å². The van der Waals surface area contributed by atoms with Crippen LogP contribution in [0.15, 0.2) is 23.1 Å². The van der Waals surface area contributed by atoms with Gasteiger partial charge in [-0.25, -0.2) is 8.42 Å². The van der Waals surface area contributed by atoms with Gasteiger partial charge in [-0.15, -0.1) is 16.2 Å². The molecule has 2 aromatic rings. The molecule has 0 saturated heterocycles. The first kappa shape index (κ1) is 19.1. The summed E-state index contributed by atoms with van der Waals surface area (Å²) in [6, 6.07) is 5.53. The number of fused-ring (bicyclic) bond motifs is 1. The summed E-state index contributed by atoms with van der Waals surface area (Å²) in [6.45, 7) is 7.64. The van der Waals surface area contributed by atoms with E-state index in [2.05, 4.69) is 17.2 Å². The molecule has 0 radical (unpaired) electrons. The fourth-order valence-electron chi connectivity index (χ4n) is 3.63. The van der Waals surface area contributed by atoms with Crippen molar-refractivity contribution in [3.8, 4) is 0 Å². The van der Waals surface area contributed by atoms with E-state index in [1.165, 1.54) is 21.8 Å². The Morgan fingerprint density at radius 3 is 2.46 bits per heavy atom. The summed E-state index contributed by atoms with van der Waals surface area (Å²) < 4.78 is 25.3. The van der Waals surface area contributed by atoms with Gasteiger partial charge in [0.2, 0.25) is 0 Å². The molecule has 3 rings (SSSR count). The Labute approximate surface area is 158 Å². The van der Waals surface area contributed by atoms with E-state index in [0.717, 1.165) is 24.8 Å². The summed E-state index contributed by atoms with van der Waals surface area (Å²) >= 11 is 1.45. The molecular formula is C19H24N2O3S2. The molecule has 1 aliphatic carbocycles. The van der Waals surface area contributed by atoms with Crippen LogP contribution in [0.25, 0.3) is 0 Å². The molecule has 0 spiro atoms. The molecular weight excluding hydrogens is 368 g/mol. The second-order valence-corrected chi connectivity index (χ2v) is 9.95. The number of sulfonamides is 1. The normalized spacial score (nSPS) is 17.0. The Kier molecular flexibility index (Phi) is 5.23. The monoisotopic (exact) mass is 392 g/mol. The lowest BCUT2D eigenvalue weighted by molar-refractivity contribution is 0.0949. The molecule has 0 aliphatic heterocycles. The van der Waals surface area contributed by atoms with Crippen LogP contribution in [0.3, 0.4) is 0 Å². The fraction of sp³-hybridized carbons (Fsp3) is 0.421. The molecule has 7 heteroatoms. The van der Waals surface area contributed by atoms with Gasteiger partial charge in [-0.1, -0.05) is 24.6 Å². The van der Waals surface area contributed by atoms with Crippen molar-refractivity contribution in [2.75, 3.05) is 0 Å². The number of benzene rings is 1. The smallest absolute Gasteiger partial charge is 0.273 e. The molecule has 1 atom stereocenters. The number of nitrogens with one attached hydrogen (secondary N) is 2. The molecule has 140 valence electrons. The van der Waals surface area contributed by atoms with Crippen LogP contribution >= 0.6 is 11.3 Å². The third-order valence-corrected chi connectivity index (χ3v) is 7.51. The highest BCUT2D eigenvalue weighted by Crippen LogP contribution is 2.32. The minimum absolute atomic E-state index is 0.211. The number of aryl methyl sites for hydroxylation is 4. The highest BCUT2D eigenvalue weighted by Gasteiger charge is 2.23. The molecule has 0 bridgehead atoms. The van der Waals surface area contributed by atoms with Crippen molar-refractivity contribution >= 4 is 27.3 Å². The molecule has 1 heterocycles. The Hall–Kier alpha value is -1.70. The van der Waals surface area contributed by atoms with Crippen molar-refractivity contribution < 1.29 is 13.2 Å². The first-order chi connectivity index (χ1) is 12.2. The molecule has 0 saturated carbocycles. The molecule has 1 aromatic carbocycles. The summed E-state index contributed by atoms with van der Waals surface area (Å²) in [6.07, 6.45) is 3.10. The van der Waals surface area contributed by atoms with Gasteiger partial charge in [-0.05, 0) is 68.7 Å². The number of amides is 1. The SMILES string of the molecule is Cc1cc(C)c(S(=O)(=O)NNC(=O)c2cc3c(s2)CCC(C)C3)c(C)c1. The summed E-state index contributed by atoms with van der Waals surface area (Å²) in [5.41, 5.74) is 5.89. The number of thiophene rings is 1. The zero-order chi connectivity index (χ0) is 19.1. The van der Waals surface area contributed by atoms with Crippen LogP contribution < -0.4 is 10.3 Å². The zero-order valence-corrected chi connectivity index (χ0v) is 17.1. The maximum Gasteiger partial charge on any atom is 0.276 e. The summed E-state index contributed by atoms with van der Waals surface area (Å²) in [7, 11) is -3.83. The van der Waals surface area contributed by atoms with Crippen molar-refractivity contribution in [1.82, 2.24) is 10.3 Å². The lowest BCUT2D eigenvalue weighted by Crippen LogP contribution is -2.41. The van der Waals surface area contributed by atoms with Gasteiger partial charge in [0.15, 0.2) is 0 Å². The van der Waals surface area contributed by atoms with Crippen LogP contribution in [-0.4, -0.2) is 14.3 Å².